The fourth-order valence-corrected chi connectivity index (χ4v) is 1.48. The van der Waals surface area contributed by atoms with Crippen LogP contribution in [-0.4, -0.2) is 43.1 Å². The maximum Gasteiger partial charge on any atom is 0.128 e. The average Bonchev–Trinajstić information content (AvgIpc) is 2.34. The van der Waals surface area contributed by atoms with Gasteiger partial charge in [0.2, 0.25) is 0 Å². The van der Waals surface area contributed by atoms with E-state index in [1.807, 2.05) is 25.2 Å². The fourth-order valence-electron chi connectivity index (χ4n) is 1.48. The van der Waals surface area contributed by atoms with Crippen molar-refractivity contribution >= 4 is 11.6 Å². The van der Waals surface area contributed by atoms with Crippen molar-refractivity contribution in [1.82, 2.24) is 9.88 Å². The highest BCUT2D eigenvalue weighted by atomic mass is 15.1. The van der Waals surface area contributed by atoms with Crippen LogP contribution in [-0.2, 0) is 0 Å². The lowest BCUT2D eigenvalue weighted by molar-refractivity contribution is 0.273. The highest BCUT2D eigenvalue weighted by molar-refractivity contribution is 5.44. The zero-order chi connectivity index (χ0) is 12.7. The Morgan fingerprint density at radius 2 is 2.00 bits per heavy atom. The lowest BCUT2D eigenvalue weighted by Crippen LogP contribution is -2.28. The molecule has 0 spiro atoms. The SMILES string of the molecule is CNc1cccc(NCCCN(C)C(C)C)n1. The molecule has 1 rings (SSSR count). The quantitative estimate of drug-likeness (QED) is 0.713. The van der Waals surface area contributed by atoms with Gasteiger partial charge < -0.3 is 15.5 Å². The topological polar surface area (TPSA) is 40.2 Å². The molecule has 0 aliphatic carbocycles. The van der Waals surface area contributed by atoms with E-state index >= 15 is 0 Å². The molecule has 1 heterocycles. The highest BCUT2D eigenvalue weighted by Gasteiger charge is 2.02. The Balaban J connectivity index is 2.26. The number of rotatable bonds is 7. The lowest BCUT2D eigenvalue weighted by atomic mass is 10.3. The van der Waals surface area contributed by atoms with Crippen molar-refractivity contribution in [2.24, 2.45) is 0 Å². The molecule has 0 aliphatic heterocycles. The summed E-state index contributed by atoms with van der Waals surface area (Å²) < 4.78 is 0. The molecule has 4 nitrogen and oxygen atoms in total. The minimum Gasteiger partial charge on any atom is -0.373 e. The van der Waals surface area contributed by atoms with E-state index in [0.717, 1.165) is 31.1 Å². The summed E-state index contributed by atoms with van der Waals surface area (Å²) in [6.45, 7) is 6.49. The minimum absolute atomic E-state index is 0.612. The van der Waals surface area contributed by atoms with Crippen LogP contribution in [0, 0.1) is 0 Å². The van der Waals surface area contributed by atoms with E-state index in [-0.39, 0.29) is 0 Å². The summed E-state index contributed by atoms with van der Waals surface area (Å²) in [5.74, 6) is 1.83. The highest BCUT2D eigenvalue weighted by Crippen LogP contribution is 2.08. The second-order valence-electron chi connectivity index (χ2n) is 4.51. The minimum atomic E-state index is 0.612. The van der Waals surface area contributed by atoms with Crippen molar-refractivity contribution in [1.29, 1.82) is 0 Å². The van der Waals surface area contributed by atoms with Gasteiger partial charge in [-0.05, 0) is 46.0 Å². The van der Waals surface area contributed by atoms with E-state index < -0.39 is 0 Å². The molecule has 0 saturated carbocycles. The van der Waals surface area contributed by atoms with E-state index in [1.54, 1.807) is 0 Å². The van der Waals surface area contributed by atoms with Crippen LogP contribution in [0.3, 0.4) is 0 Å². The molecule has 2 N–H and O–H groups in total. The zero-order valence-corrected chi connectivity index (χ0v) is 11.3. The molecular weight excluding hydrogens is 212 g/mol. The predicted molar refractivity (Wildman–Crippen MR) is 74.7 cm³/mol. The molecular formula is C13H24N4. The number of hydrogen-bond donors (Lipinski definition) is 2. The third-order valence-corrected chi connectivity index (χ3v) is 2.88. The first kappa shape index (κ1) is 13.8. The number of hydrogen-bond acceptors (Lipinski definition) is 4. The van der Waals surface area contributed by atoms with E-state index in [2.05, 4.69) is 41.4 Å². The van der Waals surface area contributed by atoms with Gasteiger partial charge in [-0.2, -0.15) is 0 Å². The monoisotopic (exact) mass is 236 g/mol. The fraction of sp³-hybridized carbons (Fsp3) is 0.615. The largest absolute Gasteiger partial charge is 0.373 e. The van der Waals surface area contributed by atoms with Crippen molar-refractivity contribution in [3.63, 3.8) is 0 Å². The Labute approximate surface area is 104 Å². The van der Waals surface area contributed by atoms with Gasteiger partial charge in [0.15, 0.2) is 0 Å². The first-order valence-corrected chi connectivity index (χ1v) is 6.22. The molecule has 96 valence electrons. The van der Waals surface area contributed by atoms with Crippen LogP contribution in [0.2, 0.25) is 0 Å². The number of nitrogens with zero attached hydrogens (tertiary/aromatic N) is 2. The molecule has 0 unspecified atom stereocenters. The Bertz CT molecular complexity index is 325. The molecule has 0 radical (unpaired) electrons. The maximum atomic E-state index is 4.41. The molecule has 4 heteroatoms. The second-order valence-corrected chi connectivity index (χ2v) is 4.51. The second kappa shape index (κ2) is 7.12. The lowest BCUT2D eigenvalue weighted by Gasteiger charge is -2.20. The van der Waals surface area contributed by atoms with Gasteiger partial charge in [0.05, 0.1) is 0 Å². The van der Waals surface area contributed by atoms with Crippen LogP contribution >= 0.6 is 0 Å². The van der Waals surface area contributed by atoms with Gasteiger partial charge >= 0.3 is 0 Å². The summed E-state index contributed by atoms with van der Waals surface area (Å²) >= 11 is 0. The van der Waals surface area contributed by atoms with E-state index in [9.17, 15) is 0 Å². The first-order valence-electron chi connectivity index (χ1n) is 6.22. The van der Waals surface area contributed by atoms with Crippen molar-refractivity contribution in [2.45, 2.75) is 26.3 Å². The van der Waals surface area contributed by atoms with Crippen LogP contribution < -0.4 is 10.6 Å². The van der Waals surface area contributed by atoms with Crippen LogP contribution in [0.15, 0.2) is 18.2 Å². The third kappa shape index (κ3) is 5.04. The molecule has 0 saturated heterocycles. The normalized spacial score (nSPS) is 10.9. The summed E-state index contributed by atoms with van der Waals surface area (Å²) in [5.41, 5.74) is 0. The van der Waals surface area contributed by atoms with Gasteiger partial charge in [0.1, 0.15) is 11.6 Å². The third-order valence-electron chi connectivity index (χ3n) is 2.88. The van der Waals surface area contributed by atoms with Gasteiger partial charge in [-0.3, -0.25) is 0 Å². The van der Waals surface area contributed by atoms with E-state index in [0.29, 0.717) is 6.04 Å². The van der Waals surface area contributed by atoms with Crippen LogP contribution in [0.25, 0.3) is 0 Å². The maximum absolute atomic E-state index is 4.41. The summed E-state index contributed by atoms with van der Waals surface area (Å²) in [6, 6.07) is 6.56. The standard InChI is InChI=1S/C13H24N4/c1-11(2)17(4)10-6-9-15-13-8-5-7-12(14-3)16-13/h5,7-8,11H,6,9-10H2,1-4H3,(H2,14,15,16). The first-order chi connectivity index (χ1) is 8.13. The Morgan fingerprint density at radius 3 is 2.65 bits per heavy atom. The Hall–Kier alpha value is -1.29. The molecule has 0 aromatic carbocycles. The molecule has 1 aromatic rings. The number of nitrogens with one attached hydrogen (secondary N) is 2. The molecule has 17 heavy (non-hydrogen) atoms. The number of anilines is 2. The summed E-state index contributed by atoms with van der Waals surface area (Å²) in [5, 5.41) is 6.37. The average molecular weight is 236 g/mol. The van der Waals surface area contributed by atoms with E-state index in [4.69, 9.17) is 0 Å². The van der Waals surface area contributed by atoms with Gasteiger partial charge in [0.25, 0.3) is 0 Å². The van der Waals surface area contributed by atoms with Gasteiger partial charge in [-0.1, -0.05) is 6.07 Å². The smallest absolute Gasteiger partial charge is 0.128 e. The summed E-state index contributed by atoms with van der Waals surface area (Å²) in [7, 11) is 4.04. The van der Waals surface area contributed by atoms with Crippen LogP contribution in [0.4, 0.5) is 11.6 Å². The van der Waals surface area contributed by atoms with Gasteiger partial charge in [-0.15, -0.1) is 0 Å². The van der Waals surface area contributed by atoms with Crippen molar-refractivity contribution < 1.29 is 0 Å². The molecule has 1 aromatic heterocycles. The Kier molecular flexibility index (Phi) is 5.77. The molecule has 0 amide bonds. The van der Waals surface area contributed by atoms with Crippen LogP contribution in [0.1, 0.15) is 20.3 Å². The molecule has 0 aliphatic rings. The number of aromatic nitrogens is 1. The van der Waals surface area contributed by atoms with Gasteiger partial charge in [0, 0.05) is 19.6 Å². The zero-order valence-electron chi connectivity index (χ0n) is 11.3. The molecule has 0 bridgehead atoms. The van der Waals surface area contributed by atoms with Crippen LogP contribution in [0.5, 0.6) is 0 Å². The summed E-state index contributed by atoms with van der Waals surface area (Å²) in [4.78, 5) is 6.75. The predicted octanol–water partition coefficient (Wildman–Crippen LogP) is 2.27. The molecule has 0 atom stereocenters. The van der Waals surface area contributed by atoms with Crippen molar-refractivity contribution in [3.05, 3.63) is 18.2 Å². The van der Waals surface area contributed by atoms with E-state index in [1.165, 1.54) is 0 Å². The Morgan fingerprint density at radius 1 is 1.29 bits per heavy atom. The number of pyridine rings is 1. The molecule has 0 fully saturated rings. The van der Waals surface area contributed by atoms with Crippen molar-refractivity contribution in [2.75, 3.05) is 37.8 Å². The van der Waals surface area contributed by atoms with Crippen molar-refractivity contribution in [3.8, 4) is 0 Å². The van der Waals surface area contributed by atoms with Gasteiger partial charge in [-0.25, -0.2) is 4.98 Å². The summed E-state index contributed by atoms with van der Waals surface area (Å²) in [6.07, 6.45) is 1.13.